The average molecular weight is 393 g/mol. The van der Waals surface area contributed by atoms with Gasteiger partial charge < -0.3 is 10.3 Å². The maximum atomic E-state index is 6.41. The second-order valence-electron chi connectivity index (χ2n) is 8.11. The van der Waals surface area contributed by atoms with Gasteiger partial charge in [-0.15, -0.1) is 0 Å². The van der Waals surface area contributed by atoms with E-state index >= 15 is 0 Å². The van der Waals surface area contributed by atoms with Crippen LogP contribution < -0.4 is 5.32 Å². The maximum Gasteiger partial charge on any atom is 0.138 e. The van der Waals surface area contributed by atoms with Crippen LogP contribution in [0.2, 0.25) is 5.02 Å². The predicted octanol–water partition coefficient (Wildman–Crippen LogP) is 5.73. The van der Waals surface area contributed by atoms with Crippen LogP contribution in [0.1, 0.15) is 49.7 Å². The van der Waals surface area contributed by atoms with E-state index < -0.39 is 0 Å². The molecule has 0 amide bonds. The molecule has 5 heteroatoms. The summed E-state index contributed by atoms with van der Waals surface area (Å²) in [5, 5.41) is 5.50. The number of rotatable bonds is 3. The zero-order valence-corrected chi connectivity index (χ0v) is 17.1. The lowest BCUT2D eigenvalue weighted by atomic mass is 9.88. The van der Waals surface area contributed by atoms with Gasteiger partial charge in [0.05, 0.1) is 11.4 Å². The number of nitrogens with zero attached hydrogens (tertiary/aromatic N) is 2. The summed E-state index contributed by atoms with van der Waals surface area (Å²) < 4.78 is 2.11. The highest BCUT2D eigenvalue weighted by Crippen LogP contribution is 2.38. The largest absolute Gasteiger partial charge is 0.353 e. The van der Waals surface area contributed by atoms with Crippen LogP contribution in [0.5, 0.6) is 0 Å². The highest BCUT2D eigenvalue weighted by atomic mass is 35.5. The molecule has 0 saturated carbocycles. The molecule has 0 bridgehead atoms. The van der Waals surface area contributed by atoms with Crippen LogP contribution in [0.4, 0.5) is 0 Å². The van der Waals surface area contributed by atoms with Crippen molar-refractivity contribution < 1.29 is 0 Å². The summed E-state index contributed by atoms with van der Waals surface area (Å²) in [4.78, 5) is 8.11. The summed E-state index contributed by atoms with van der Waals surface area (Å²) >= 11 is 6.41. The van der Waals surface area contributed by atoms with E-state index in [-0.39, 0.29) is 0 Å². The second-order valence-corrected chi connectivity index (χ2v) is 8.55. The molecule has 0 spiro atoms. The first-order valence-electron chi connectivity index (χ1n) is 10.1. The summed E-state index contributed by atoms with van der Waals surface area (Å²) in [5.74, 6) is 1.04. The number of piperidine rings is 1. The first kappa shape index (κ1) is 17.8. The maximum absolute atomic E-state index is 6.41. The van der Waals surface area contributed by atoms with Gasteiger partial charge in [-0.2, -0.15) is 0 Å². The van der Waals surface area contributed by atoms with E-state index in [1.165, 1.54) is 34.9 Å². The number of halogens is 1. The van der Waals surface area contributed by atoms with Crippen molar-refractivity contribution in [3.63, 3.8) is 0 Å². The fraction of sp³-hybridized carbons (Fsp3) is 0.348. The second kappa shape index (κ2) is 6.94. The Hall–Kier alpha value is -2.30. The molecule has 28 heavy (non-hydrogen) atoms. The fourth-order valence-corrected chi connectivity index (χ4v) is 4.83. The van der Waals surface area contributed by atoms with E-state index in [1.807, 2.05) is 24.5 Å². The van der Waals surface area contributed by atoms with E-state index in [0.717, 1.165) is 30.1 Å². The summed E-state index contributed by atoms with van der Waals surface area (Å²) in [6, 6.07) is 10.9. The van der Waals surface area contributed by atoms with Crippen LogP contribution in [0.15, 0.2) is 42.7 Å². The average Bonchev–Trinajstić information content (AvgIpc) is 3.31. The molecule has 4 nitrogen and oxygen atoms in total. The van der Waals surface area contributed by atoms with Gasteiger partial charge >= 0.3 is 0 Å². The van der Waals surface area contributed by atoms with Crippen LogP contribution in [0.3, 0.4) is 0 Å². The van der Waals surface area contributed by atoms with Crippen molar-refractivity contribution in [2.75, 3.05) is 13.1 Å². The minimum atomic E-state index is 0.393. The van der Waals surface area contributed by atoms with Crippen LogP contribution in [0.25, 0.3) is 27.9 Å². The molecule has 1 saturated heterocycles. The third kappa shape index (κ3) is 2.92. The summed E-state index contributed by atoms with van der Waals surface area (Å²) in [6.07, 6.45) is 6.24. The van der Waals surface area contributed by atoms with Crippen molar-refractivity contribution in [3.05, 3.63) is 58.9 Å². The number of aromatic amines is 1. The van der Waals surface area contributed by atoms with Gasteiger partial charge in [0.2, 0.25) is 0 Å². The zero-order valence-electron chi connectivity index (χ0n) is 16.3. The van der Waals surface area contributed by atoms with Gasteiger partial charge in [-0.1, -0.05) is 31.5 Å². The molecule has 0 atom stereocenters. The summed E-state index contributed by atoms with van der Waals surface area (Å²) in [5.41, 5.74) is 7.06. The number of hydrogen-bond donors (Lipinski definition) is 2. The Morgan fingerprint density at radius 2 is 1.96 bits per heavy atom. The standard InChI is InChI=1S/C23H25ClN4/c1-14(2)22-18-11-16(15-5-7-25-8-6-15)3-4-19(18)27-23(22)20-12-17(24)13-21-26-9-10-28(20)21/h3-4,9-15,25,27H,5-8H2,1-2H3. The van der Waals surface area contributed by atoms with Crippen LogP contribution in [0, 0.1) is 0 Å². The quantitative estimate of drug-likeness (QED) is 0.468. The lowest BCUT2D eigenvalue weighted by Crippen LogP contribution is -2.26. The molecule has 4 aromatic rings. The number of imidazole rings is 1. The molecule has 2 N–H and O–H groups in total. The van der Waals surface area contributed by atoms with E-state index in [4.69, 9.17) is 11.6 Å². The molecule has 5 rings (SSSR count). The smallest absolute Gasteiger partial charge is 0.138 e. The number of aromatic nitrogens is 3. The van der Waals surface area contributed by atoms with Gasteiger partial charge in [0.1, 0.15) is 5.65 Å². The van der Waals surface area contributed by atoms with Crippen molar-refractivity contribution >= 4 is 28.2 Å². The Kier molecular flexibility index (Phi) is 4.41. The van der Waals surface area contributed by atoms with E-state index in [1.54, 1.807) is 0 Å². The Labute approximate surface area is 169 Å². The lowest BCUT2D eigenvalue weighted by molar-refractivity contribution is 0.460. The Balaban J connectivity index is 1.72. The van der Waals surface area contributed by atoms with Gasteiger partial charge in [0, 0.05) is 34.4 Å². The molecule has 3 aromatic heterocycles. The number of H-pyrrole nitrogens is 1. The molecule has 0 aliphatic carbocycles. The molecular weight excluding hydrogens is 368 g/mol. The first-order chi connectivity index (χ1) is 13.6. The predicted molar refractivity (Wildman–Crippen MR) is 116 cm³/mol. The molecule has 1 fully saturated rings. The highest BCUT2D eigenvalue weighted by Gasteiger charge is 2.21. The van der Waals surface area contributed by atoms with Crippen molar-refractivity contribution in [3.8, 4) is 11.4 Å². The Morgan fingerprint density at radius 3 is 2.75 bits per heavy atom. The normalized spacial score (nSPS) is 15.9. The highest BCUT2D eigenvalue weighted by molar-refractivity contribution is 6.31. The van der Waals surface area contributed by atoms with Crippen LogP contribution in [-0.4, -0.2) is 27.5 Å². The third-order valence-corrected chi connectivity index (χ3v) is 6.20. The van der Waals surface area contributed by atoms with Gasteiger partial charge in [0.15, 0.2) is 0 Å². The Bertz CT molecular complexity index is 1150. The number of nitrogens with one attached hydrogen (secondary N) is 2. The number of hydrogen-bond acceptors (Lipinski definition) is 2. The third-order valence-electron chi connectivity index (χ3n) is 5.98. The van der Waals surface area contributed by atoms with Crippen molar-refractivity contribution in [2.45, 2.75) is 38.5 Å². The summed E-state index contributed by atoms with van der Waals surface area (Å²) in [7, 11) is 0. The number of fused-ring (bicyclic) bond motifs is 2. The van der Waals surface area contributed by atoms with E-state index in [9.17, 15) is 0 Å². The van der Waals surface area contributed by atoms with Crippen LogP contribution in [-0.2, 0) is 0 Å². The molecule has 0 radical (unpaired) electrons. The van der Waals surface area contributed by atoms with Gasteiger partial charge in [-0.25, -0.2) is 4.98 Å². The molecule has 144 valence electrons. The molecule has 0 unspecified atom stereocenters. The first-order valence-corrected chi connectivity index (χ1v) is 10.5. The van der Waals surface area contributed by atoms with Gasteiger partial charge in [-0.05, 0) is 67.1 Å². The minimum absolute atomic E-state index is 0.393. The number of benzene rings is 1. The molecular formula is C23H25ClN4. The fourth-order valence-electron chi connectivity index (χ4n) is 4.62. The van der Waals surface area contributed by atoms with Gasteiger partial charge in [-0.3, -0.25) is 4.40 Å². The zero-order chi connectivity index (χ0) is 19.3. The number of pyridine rings is 1. The Morgan fingerprint density at radius 1 is 1.14 bits per heavy atom. The van der Waals surface area contributed by atoms with Crippen molar-refractivity contribution in [1.29, 1.82) is 0 Å². The molecule has 1 aliphatic rings. The van der Waals surface area contributed by atoms with E-state index in [0.29, 0.717) is 16.9 Å². The molecule has 1 aliphatic heterocycles. The van der Waals surface area contributed by atoms with Crippen LogP contribution >= 0.6 is 11.6 Å². The van der Waals surface area contributed by atoms with E-state index in [2.05, 4.69) is 51.7 Å². The molecule has 1 aromatic carbocycles. The van der Waals surface area contributed by atoms with Crippen molar-refractivity contribution in [2.24, 2.45) is 0 Å². The lowest BCUT2D eigenvalue weighted by Gasteiger charge is -2.23. The molecule has 4 heterocycles. The van der Waals surface area contributed by atoms with Crippen molar-refractivity contribution in [1.82, 2.24) is 19.7 Å². The summed E-state index contributed by atoms with van der Waals surface area (Å²) in [6.45, 7) is 6.75. The minimum Gasteiger partial charge on any atom is -0.353 e. The monoisotopic (exact) mass is 392 g/mol. The topological polar surface area (TPSA) is 45.1 Å². The SMILES string of the molecule is CC(C)c1c(-c2cc(Cl)cc3nccn23)[nH]c2ccc(C3CCNCC3)cc12. The van der Waals surface area contributed by atoms with Gasteiger partial charge in [0.25, 0.3) is 0 Å².